The number of benzene rings is 1. The highest BCUT2D eigenvalue weighted by atomic mass is 32.2. The van der Waals surface area contributed by atoms with Crippen LogP contribution in [0.1, 0.15) is 32.3 Å². The zero-order valence-corrected chi connectivity index (χ0v) is 13.5. The number of hydrogen-bond donors (Lipinski definition) is 2. The molecule has 1 saturated heterocycles. The van der Waals surface area contributed by atoms with E-state index in [1.54, 1.807) is 6.08 Å². The summed E-state index contributed by atoms with van der Waals surface area (Å²) in [4.78, 5) is 0. The van der Waals surface area contributed by atoms with E-state index in [9.17, 15) is 8.42 Å². The summed E-state index contributed by atoms with van der Waals surface area (Å²) >= 11 is 0. The highest BCUT2D eigenvalue weighted by Gasteiger charge is 2.32. The molecule has 1 atom stereocenters. The number of rotatable bonds is 5. The molecule has 1 aromatic rings. The van der Waals surface area contributed by atoms with Crippen molar-refractivity contribution in [3.8, 4) is 0 Å². The standard InChI is InChI=1S/C16H24N2O2S/c1-16(2)10-6-11-17-15(16)13-18-21(19,20)12-9-14-7-4-3-5-8-14/h3-5,7-9,12,15,17-18H,6,10-11,13H2,1-2H3/b12-9+. The predicted octanol–water partition coefficient (Wildman–Crippen LogP) is 2.35. The van der Waals surface area contributed by atoms with Crippen LogP contribution in [0.2, 0.25) is 0 Å². The van der Waals surface area contributed by atoms with Gasteiger partial charge in [-0.2, -0.15) is 0 Å². The Bertz CT molecular complexity index is 580. The average Bonchev–Trinajstić information content (AvgIpc) is 2.45. The molecule has 0 aromatic heterocycles. The van der Waals surface area contributed by atoms with Gasteiger partial charge in [0.2, 0.25) is 10.0 Å². The van der Waals surface area contributed by atoms with Crippen molar-refractivity contribution in [2.75, 3.05) is 13.1 Å². The molecule has 0 bridgehead atoms. The first-order chi connectivity index (χ1) is 9.89. The van der Waals surface area contributed by atoms with Gasteiger partial charge in [0.05, 0.1) is 0 Å². The fourth-order valence-electron chi connectivity index (χ4n) is 2.60. The molecule has 1 aliphatic heterocycles. The van der Waals surface area contributed by atoms with Gasteiger partial charge in [-0.05, 0) is 36.4 Å². The smallest absolute Gasteiger partial charge is 0.233 e. The third-order valence-electron chi connectivity index (χ3n) is 4.06. The molecule has 1 unspecified atom stereocenters. The normalized spacial score (nSPS) is 22.5. The van der Waals surface area contributed by atoms with Gasteiger partial charge in [-0.25, -0.2) is 13.1 Å². The van der Waals surface area contributed by atoms with Crippen molar-refractivity contribution >= 4 is 16.1 Å². The summed E-state index contributed by atoms with van der Waals surface area (Å²) in [5, 5.41) is 4.64. The van der Waals surface area contributed by atoms with Crippen LogP contribution in [0.15, 0.2) is 35.7 Å². The maximum atomic E-state index is 12.0. The molecule has 0 radical (unpaired) electrons. The quantitative estimate of drug-likeness (QED) is 0.878. The Morgan fingerprint density at radius 1 is 1.33 bits per heavy atom. The third-order valence-corrected chi connectivity index (χ3v) is 5.12. The van der Waals surface area contributed by atoms with Crippen molar-refractivity contribution in [1.29, 1.82) is 0 Å². The molecular formula is C16H24N2O2S. The van der Waals surface area contributed by atoms with Crippen molar-refractivity contribution in [2.24, 2.45) is 5.41 Å². The first-order valence-corrected chi connectivity index (χ1v) is 8.90. The fourth-order valence-corrected chi connectivity index (χ4v) is 3.43. The van der Waals surface area contributed by atoms with Gasteiger partial charge in [0.1, 0.15) is 0 Å². The van der Waals surface area contributed by atoms with Crippen LogP contribution < -0.4 is 10.0 Å². The Balaban J connectivity index is 1.94. The summed E-state index contributed by atoms with van der Waals surface area (Å²) < 4.78 is 26.7. The summed E-state index contributed by atoms with van der Waals surface area (Å²) in [7, 11) is -3.40. The lowest BCUT2D eigenvalue weighted by atomic mass is 9.78. The summed E-state index contributed by atoms with van der Waals surface area (Å²) in [6, 6.07) is 9.59. The Morgan fingerprint density at radius 2 is 2.05 bits per heavy atom. The lowest BCUT2D eigenvalue weighted by molar-refractivity contribution is 0.182. The monoisotopic (exact) mass is 308 g/mol. The van der Waals surface area contributed by atoms with E-state index >= 15 is 0 Å². The van der Waals surface area contributed by atoms with Crippen LogP contribution in [0.3, 0.4) is 0 Å². The van der Waals surface area contributed by atoms with Gasteiger partial charge >= 0.3 is 0 Å². The Hall–Kier alpha value is -1.17. The summed E-state index contributed by atoms with van der Waals surface area (Å²) in [6.45, 7) is 5.74. The zero-order chi connectivity index (χ0) is 15.3. The molecule has 5 heteroatoms. The van der Waals surface area contributed by atoms with Gasteiger partial charge in [0.25, 0.3) is 0 Å². The van der Waals surface area contributed by atoms with Gasteiger partial charge in [-0.15, -0.1) is 0 Å². The van der Waals surface area contributed by atoms with Crippen molar-refractivity contribution in [3.63, 3.8) is 0 Å². The second-order valence-corrected chi connectivity index (χ2v) is 7.86. The predicted molar refractivity (Wildman–Crippen MR) is 87.2 cm³/mol. The molecule has 1 heterocycles. The largest absolute Gasteiger partial charge is 0.312 e. The Kier molecular flexibility index (Phi) is 5.19. The maximum Gasteiger partial charge on any atom is 0.233 e. The van der Waals surface area contributed by atoms with Gasteiger partial charge in [0.15, 0.2) is 0 Å². The summed E-state index contributed by atoms with van der Waals surface area (Å²) in [5.41, 5.74) is 0.989. The summed E-state index contributed by atoms with van der Waals surface area (Å²) in [6.07, 6.45) is 3.87. The third kappa shape index (κ3) is 4.95. The molecule has 0 saturated carbocycles. The van der Waals surface area contributed by atoms with E-state index in [-0.39, 0.29) is 11.5 Å². The second kappa shape index (κ2) is 6.73. The summed E-state index contributed by atoms with van der Waals surface area (Å²) in [5.74, 6) is 0. The minimum Gasteiger partial charge on any atom is -0.312 e. The Morgan fingerprint density at radius 3 is 2.71 bits per heavy atom. The van der Waals surface area contributed by atoms with Gasteiger partial charge < -0.3 is 5.32 Å². The first-order valence-electron chi connectivity index (χ1n) is 7.35. The van der Waals surface area contributed by atoms with E-state index in [2.05, 4.69) is 23.9 Å². The van der Waals surface area contributed by atoms with Crippen LogP contribution in [0.4, 0.5) is 0 Å². The SMILES string of the molecule is CC1(C)CCCNC1CNS(=O)(=O)/C=C/c1ccccc1. The maximum absolute atomic E-state index is 12.0. The van der Waals surface area contributed by atoms with Crippen LogP contribution in [0.25, 0.3) is 6.08 Å². The number of nitrogens with one attached hydrogen (secondary N) is 2. The molecular weight excluding hydrogens is 284 g/mol. The second-order valence-electron chi connectivity index (χ2n) is 6.21. The molecule has 2 rings (SSSR count). The van der Waals surface area contributed by atoms with E-state index in [1.165, 1.54) is 5.41 Å². The Labute approximate surface area is 127 Å². The molecule has 116 valence electrons. The zero-order valence-electron chi connectivity index (χ0n) is 12.7. The van der Waals surface area contributed by atoms with E-state index in [4.69, 9.17) is 0 Å². The van der Waals surface area contributed by atoms with Gasteiger partial charge in [0, 0.05) is 18.0 Å². The van der Waals surface area contributed by atoms with Gasteiger partial charge in [-0.1, -0.05) is 44.2 Å². The number of hydrogen-bond acceptors (Lipinski definition) is 3. The highest BCUT2D eigenvalue weighted by Crippen LogP contribution is 2.29. The van der Waals surface area contributed by atoms with Crippen LogP contribution >= 0.6 is 0 Å². The number of sulfonamides is 1. The minimum atomic E-state index is -3.40. The molecule has 2 N–H and O–H groups in total. The molecule has 0 amide bonds. The number of piperidine rings is 1. The lowest BCUT2D eigenvalue weighted by Gasteiger charge is -2.39. The molecule has 1 aliphatic rings. The molecule has 0 spiro atoms. The molecule has 0 aliphatic carbocycles. The van der Waals surface area contributed by atoms with E-state index in [0.29, 0.717) is 6.54 Å². The van der Waals surface area contributed by atoms with Crippen molar-refractivity contribution in [2.45, 2.75) is 32.7 Å². The van der Waals surface area contributed by atoms with E-state index < -0.39 is 10.0 Å². The molecule has 1 aromatic carbocycles. The topological polar surface area (TPSA) is 58.2 Å². The average molecular weight is 308 g/mol. The van der Waals surface area contributed by atoms with Crippen molar-refractivity contribution in [3.05, 3.63) is 41.3 Å². The van der Waals surface area contributed by atoms with Gasteiger partial charge in [-0.3, -0.25) is 0 Å². The molecule has 4 nitrogen and oxygen atoms in total. The lowest BCUT2D eigenvalue weighted by Crippen LogP contribution is -2.52. The molecule has 1 fully saturated rings. The van der Waals surface area contributed by atoms with E-state index in [0.717, 1.165) is 24.9 Å². The molecule has 21 heavy (non-hydrogen) atoms. The highest BCUT2D eigenvalue weighted by molar-refractivity contribution is 7.92. The fraction of sp³-hybridized carbons (Fsp3) is 0.500. The van der Waals surface area contributed by atoms with Crippen molar-refractivity contribution in [1.82, 2.24) is 10.0 Å². The van der Waals surface area contributed by atoms with Crippen molar-refractivity contribution < 1.29 is 8.42 Å². The van der Waals surface area contributed by atoms with Crippen LogP contribution in [0, 0.1) is 5.41 Å². The first kappa shape index (κ1) is 16.2. The van der Waals surface area contributed by atoms with Crippen LogP contribution in [-0.4, -0.2) is 27.5 Å². The van der Waals surface area contributed by atoms with Crippen LogP contribution in [-0.2, 0) is 10.0 Å². The van der Waals surface area contributed by atoms with E-state index in [1.807, 2.05) is 30.3 Å². The van der Waals surface area contributed by atoms with Crippen LogP contribution in [0.5, 0.6) is 0 Å². The minimum absolute atomic E-state index is 0.115.